The molecule has 0 bridgehead atoms. The van der Waals surface area contributed by atoms with E-state index in [1.54, 1.807) is 6.21 Å². The number of ether oxygens (including phenoxy) is 1. The van der Waals surface area contributed by atoms with Crippen molar-refractivity contribution in [3.05, 3.63) is 59.2 Å². The zero-order valence-corrected chi connectivity index (χ0v) is 16.2. The molecule has 0 aliphatic carbocycles. The lowest BCUT2D eigenvalue weighted by Crippen LogP contribution is -2.26. The van der Waals surface area contributed by atoms with E-state index >= 15 is 0 Å². The number of aryl methyl sites for hydroxylation is 2. The van der Waals surface area contributed by atoms with Crippen LogP contribution in [0.4, 0.5) is 0 Å². The first-order valence-corrected chi connectivity index (χ1v) is 9.44. The van der Waals surface area contributed by atoms with Gasteiger partial charge in [-0.3, -0.25) is 9.59 Å². The van der Waals surface area contributed by atoms with Gasteiger partial charge in [0.15, 0.2) is 5.17 Å². The van der Waals surface area contributed by atoms with E-state index in [9.17, 15) is 9.59 Å². The molecule has 1 amide bonds. The van der Waals surface area contributed by atoms with Crippen LogP contribution in [0.2, 0.25) is 0 Å². The van der Waals surface area contributed by atoms with Crippen molar-refractivity contribution in [3.8, 4) is 11.5 Å². The Morgan fingerprint density at radius 3 is 2.57 bits per heavy atom. The normalized spacial score (nSPS) is 17.9. The highest BCUT2D eigenvalue weighted by atomic mass is 32.2. The Kier molecular flexibility index (Phi) is 6.10. The Hall–Kier alpha value is -3.13. The number of nitrogens with zero attached hydrogens (tertiary/aromatic N) is 2. The molecule has 1 heterocycles. The number of nitrogens with one attached hydrogen (secondary N) is 1. The van der Waals surface area contributed by atoms with Gasteiger partial charge in [0, 0.05) is 0 Å². The summed E-state index contributed by atoms with van der Waals surface area (Å²) in [5.41, 5.74) is 3.20. The summed E-state index contributed by atoms with van der Waals surface area (Å²) in [7, 11) is 0. The van der Waals surface area contributed by atoms with Gasteiger partial charge in [-0.05, 0) is 66.9 Å². The van der Waals surface area contributed by atoms with Crippen molar-refractivity contribution in [1.82, 2.24) is 5.32 Å². The lowest BCUT2D eigenvalue weighted by Gasteiger charge is -2.08. The summed E-state index contributed by atoms with van der Waals surface area (Å²) in [4.78, 5) is 22.3. The molecule has 1 saturated heterocycles. The Bertz CT molecular complexity index is 954. The standard InChI is InChI=1S/C20H19N3O4S/c1-12-3-6-16(9-13(12)2)27-15-7-4-14(5-8-15)11-21-23-20-22-19(26)17(28-20)10-18(24)25/h3-9,11,17H,10H2,1-2H3,(H,24,25)(H,22,23,26). The molecular weight excluding hydrogens is 378 g/mol. The molecule has 1 unspecified atom stereocenters. The molecule has 2 aromatic rings. The van der Waals surface area contributed by atoms with Crippen molar-refractivity contribution in [3.63, 3.8) is 0 Å². The second-order valence-corrected chi connectivity index (χ2v) is 7.45. The van der Waals surface area contributed by atoms with Gasteiger partial charge < -0.3 is 15.2 Å². The molecule has 2 N–H and O–H groups in total. The van der Waals surface area contributed by atoms with Gasteiger partial charge in [-0.25, -0.2) is 0 Å². The van der Waals surface area contributed by atoms with Gasteiger partial charge in [0.2, 0.25) is 5.91 Å². The van der Waals surface area contributed by atoms with E-state index < -0.39 is 11.2 Å². The van der Waals surface area contributed by atoms with Crippen LogP contribution in [0.25, 0.3) is 0 Å². The minimum Gasteiger partial charge on any atom is -0.481 e. The molecule has 3 rings (SSSR count). The molecule has 0 aromatic heterocycles. The average molecular weight is 397 g/mol. The summed E-state index contributed by atoms with van der Waals surface area (Å²) in [6, 6.07) is 13.3. The maximum absolute atomic E-state index is 11.6. The topological polar surface area (TPSA) is 100 Å². The minimum absolute atomic E-state index is 0.249. The third-order valence-corrected chi connectivity index (χ3v) is 5.16. The van der Waals surface area contributed by atoms with E-state index in [1.165, 1.54) is 11.1 Å². The number of amides is 1. The van der Waals surface area contributed by atoms with Crippen LogP contribution in [-0.4, -0.2) is 33.6 Å². The summed E-state index contributed by atoms with van der Waals surface area (Å²) in [6.45, 7) is 4.09. The third-order valence-electron chi connectivity index (χ3n) is 4.09. The van der Waals surface area contributed by atoms with Crippen molar-refractivity contribution in [1.29, 1.82) is 0 Å². The maximum Gasteiger partial charge on any atom is 0.305 e. The van der Waals surface area contributed by atoms with E-state index in [-0.39, 0.29) is 12.3 Å². The molecule has 0 radical (unpaired) electrons. The highest BCUT2D eigenvalue weighted by Gasteiger charge is 2.32. The van der Waals surface area contributed by atoms with Crippen LogP contribution >= 0.6 is 11.8 Å². The van der Waals surface area contributed by atoms with Crippen molar-refractivity contribution < 1.29 is 19.4 Å². The van der Waals surface area contributed by atoms with Crippen LogP contribution < -0.4 is 10.1 Å². The van der Waals surface area contributed by atoms with Gasteiger partial charge in [0.25, 0.3) is 0 Å². The lowest BCUT2D eigenvalue weighted by molar-refractivity contribution is -0.138. The fourth-order valence-electron chi connectivity index (χ4n) is 2.43. The smallest absolute Gasteiger partial charge is 0.305 e. The van der Waals surface area contributed by atoms with Crippen LogP contribution in [0.1, 0.15) is 23.1 Å². The molecule has 7 nitrogen and oxygen atoms in total. The van der Waals surface area contributed by atoms with Crippen LogP contribution in [0.5, 0.6) is 11.5 Å². The molecule has 0 spiro atoms. The number of carbonyl (C=O) groups excluding carboxylic acids is 1. The number of aliphatic carboxylic acids is 1. The van der Waals surface area contributed by atoms with E-state index in [4.69, 9.17) is 9.84 Å². The van der Waals surface area contributed by atoms with Crippen molar-refractivity contribution in [2.75, 3.05) is 0 Å². The number of carbonyl (C=O) groups is 2. The highest BCUT2D eigenvalue weighted by Crippen LogP contribution is 2.24. The van der Waals surface area contributed by atoms with E-state index in [0.29, 0.717) is 10.9 Å². The SMILES string of the molecule is Cc1ccc(Oc2ccc(C=NN=C3NC(=O)C(CC(=O)O)S3)cc2)cc1C. The first-order chi connectivity index (χ1) is 13.4. The number of hydrogen-bond donors (Lipinski definition) is 2. The number of hydrogen-bond acceptors (Lipinski definition) is 6. The summed E-state index contributed by atoms with van der Waals surface area (Å²) in [6.07, 6.45) is 1.30. The van der Waals surface area contributed by atoms with Crippen LogP contribution in [0.3, 0.4) is 0 Å². The molecule has 28 heavy (non-hydrogen) atoms. The fourth-order valence-corrected chi connectivity index (χ4v) is 3.34. The zero-order chi connectivity index (χ0) is 20.1. The highest BCUT2D eigenvalue weighted by molar-refractivity contribution is 8.15. The molecule has 144 valence electrons. The van der Waals surface area contributed by atoms with Crippen molar-refractivity contribution >= 4 is 35.0 Å². The van der Waals surface area contributed by atoms with Gasteiger partial charge in [-0.15, -0.1) is 5.10 Å². The van der Waals surface area contributed by atoms with E-state index in [2.05, 4.69) is 22.4 Å². The van der Waals surface area contributed by atoms with Gasteiger partial charge >= 0.3 is 5.97 Å². The first kappa shape index (κ1) is 19.6. The van der Waals surface area contributed by atoms with Gasteiger partial charge in [0.1, 0.15) is 16.7 Å². The fraction of sp³-hybridized carbons (Fsp3) is 0.200. The summed E-state index contributed by atoms with van der Waals surface area (Å²) in [5, 5.41) is 18.8. The molecule has 1 fully saturated rings. The summed E-state index contributed by atoms with van der Waals surface area (Å²) >= 11 is 1.06. The maximum atomic E-state index is 11.6. The second kappa shape index (κ2) is 8.71. The molecule has 8 heteroatoms. The quantitative estimate of drug-likeness (QED) is 0.574. The summed E-state index contributed by atoms with van der Waals surface area (Å²) in [5.74, 6) is 0.0948. The largest absolute Gasteiger partial charge is 0.481 e. The summed E-state index contributed by atoms with van der Waals surface area (Å²) < 4.78 is 5.84. The Morgan fingerprint density at radius 1 is 1.18 bits per heavy atom. The van der Waals surface area contributed by atoms with Gasteiger partial charge in [-0.2, -0.15) is 5.10 Å². The number of carboxylic acid groups (broad SMARTS) is 1. The number of amidine groups is 1. The van der Waals surface area contributed by atoms with E-state index in [1.807, 2.05) is 49.4 Å². The van der Waals surface area contributed by atoms with Crippen LogP contribution in [0.15, 0.2) is 52.7 Å². The van der Waals surface area contributed by atoms with Crippen molar-refractivity contribution in [2.45, 2.75) is 25.5 Å². The Balaban J connectivity index is 1.59. The number of rotatable bonds is 6. The van der Waals surface area contributed by atoms with E-state index in [0.717, 1.165) is 23.1 Å². The van der Waals surface area contributed by atoms with Crippen LogP contribution in [-0.2, 0) is 9.59 Å². The third kappa shape index (κ3) is 5.20. The monoisotopic (exact) mass is 397 g/mol. The first-order valence-electron chi connectivity index (χ1n) is 8.56. The Labute approximate surface area is 166 Å². The van der Waals surface area contributed by atoms with Crippen molar-refractivity contribution in [2.24, 2.45) is 10.2 Å². The number of thioether (sulfide) groups is 1. The average Bonchev–Trinajstić information content (AvgIpc) is 2.98. The molecule has 0 saturated carbocycles. The molecule has 1 atom stereocenters. The molecule has 1 aliphatic heterocycles. The molecule has 2 aromatic carbocycles. The number of benzene rings is 2. The van der Waals surface area contributed by atoms with Gasteiger partial charge in [-0.1, -0.05) is 17.8 Å². The predicted molar refractivity (Wildman–Crippen MR) is 109 cm³/mol. The minimum atomic E-state index is -1.03. The van der Waals surface area contributed by atoms with Gasteiger partial charge in [0.05, 0.1) is 12.6 Å². The van der Waals surface area contributed by atoms with Crippen LogP contribution in [0, 0.1) is 13.8 Å². The predicted octanol–water partition coefficient (Wildman–Crippen LogP) is 3.49. The zero-order valence-electron chi connectivity index (χ0n) is 15.4. The lowest BCUT2D eigenvalue weighted by atomic mass is 10.1. The molecular formula is C20H19N3O4S. The molecule has 1 aliphatic rings. The Morgan fingerprint density at radius 2 is 1.89 bits per heavy atom. The number of carboxylic acids is 1. The second-order valence-electron chi connectivity index (χ2n) is 6.26.